The summed E-state index contributed by atoms with van der Waals surface area (Å²) in [5.74, 6) is 1.26. The third kappa shape index (κ3) is 3.92. The summed E-state index contributed by atoms with van der Waals surface area (Å²) in [6.45, 7) is 6.61. The monoisotopic (exact) mass is 355 g/mol. The molecule has 9 heteroatoms. The van der Waals surface area contributed by atoms with Gasteiger partial charge in [-0.3, -0.25) is 9.88 Å². The number of pyridine rings is 1. The molecule has 0 spiro atoms. The van der Waals surface area contributed by atoms with Crippen molar-refractivity contribution in [2.45, 2.75) is 32.5 Å². The number of anilines is 1. The number of hydrogen-bond donors (Lipinski definition) is 0. The van der Waals surface area contributed by atoms with Gasteiger partial charge in [0, 0.05) is 44.5 Å². The Morgan fingerprint density at radius 2 is 1.96 bits per heavy atom. The normalized spacial score (nSPS) is 17.7. The van der Waals surface area contributed by atoms with Crippen LogP contribution in [0, 0.1) is 0 Å². The summed E-state index contributed by atoms with van der Waals surface area (Å²) in [7, 11) is 0. The number of aryl methyl sites for hydroxylation is 1. The first-order chi connectivity index (χ1) is 11.9. The molecular formula is C16H20F3N5O. The van der Waals surface area contributed by atoms with Crippen LogP contribution in [-0.2, 0) is 12.6 Å². The summed E-state index contributed by atoms with van der Waals surface area (Å²) in [6.07, 6.45) is -2.51. The molecule has 3 heterocycles. The predicted molar refractivity (Wildman–Crippen MR) is 85.1 cm³/mol. The van der Waals surface area contributed by atoms with E-state index in [4.69, 9.17) is 4.52 Å². The van der Waals surface area contributed by atoms with Gasteiger partial charge in [0.15, 0.2) is 5.82 Å². The molecule has 0 N–H and O–H groups in total. The molecule has 1 unspecified atom stereocenters. The minimum Gasteiger partial charge on any atom is -0.369 e. The van der Waals surface area contributed by atoms with E-state index in [0.717, 1.165) is 6.07 Å². The van der Waals surface area contributed by atoms with E-state index >= 15 is 0 Å². The standard InChI is InChI=1S/C16H20F3N5O/c1-3-14-21-15(25-22-14)11(2)23-6-8-24(9-7-23)12-4-5-20-13(10-12)16(17,18)19/h4-5,10-11H,3,6-9H2,1-2H3. The number of piperazine rings is 1. The lowest BCUT2D eigenvalue weighted by atomic mass is 10.2. The van der Waals surface area contributed by atoms with Crippen LogP contribution in [0.3, 0.4) is 0 Å². The first-order valence-corrected chi connectivity index (χ1v) is 8.23. The van der Waals surface area contributed by atoms with Gasteiger partial charge in [0.05, 0.1) is 6.04 Å². The molecule has 1 aliphatic heterocycles. The van der Waals surface area contributed by atoms with Crippen molar-refractivity contribution in [1.29, 1.82) is 0 Å². The lowest BCUT2D eigenvalue weighted by Crippen LogP contribution is -2.47. The molecule has 136 valence electrons. The van der Waals surface area contributed by atoms with Gasteiger partial charge in [-0.2, -0.15) is 18.2 Å². The van der Waals surface area contributed by atoms with E-state index in [9.17, 15) is 13.2 Å². The zero-order valence-corrected chi connectivity index (χ0v) is 14.1. The van der Waals surface area contributed by atoms with Crippen LogP contribution in [0.25, 0.3) is 0 Å². The van der Waals surface area contributed by atoms with Crippen molar-refractivity contribution in [3.8, 4) is 0 Å². The summed E-state index contributed by atoms with van der Waals surface area (Å²) in [6, 6.07) is 2.70. The summed E-state index contributed by atoms with van der Waals surface area (Å²) < 4.78 is 43.7. The highest BCUT2D eigenvalue weighted by Crippen LogP contribution is 2.30. The van der Waals surface area contributed by atoms with E-state index in [1.54, 1.807) is 6.07 Å². The van der Waals surface area contributed by atoms with Crippen LogP contribution in [0.15, 0.2) is 22.9 Å². The molecule has 0 saturated carbocycles. The highest BCUT2D eigenvalue weighted by Gasteiger charge is 2.33. The number of rotatable bonds is 4. The highest BCUT2D eigenvalue weighted by atomic mass is 19.4. The van der Waals surface area contributed by atoms with Gasteiger partial charge in [-0.15, -0.1) is 0 Å². The fraction of sp³-hybridized carbons (Fsp3) is 0.562. The molecule has 1 saturated heterocycles. The van der Waals surface area contributed by atoms with E-state index in [1.165, 1.54) is 6.20 Å². The lowest BCUT2D eigenvalue weighted by molar-refractivity contribution is -0.141. The molecule has 25 heavy (non-hydrogen) atoms. The average Bonchev–Trinajstić information content (AvgIpc) is 3.10. The predicted octanol–water partition coefficient (Wildman–Crippen LogP) is 2.93. The average molecular weight is 355 g/mol. The zero-order chi connectivity index (χ0) is 18.0. The molecule has 0 radical (unpaired) electrons. The summed E-state index contributed by atoms with van der Waals surface area (Å²) in [5.41, 5.74) is -0.320. The summed E-state index contributed by atoms with van der Waals surface area (Å²) in [5, 5.41) is 3.91. The van der Waals surface area contributed by atoms with Crippen LogP contribution >= 0.6 is 0 Å². The molecule has 0 bridgehead atoms. The van der Waals surface area contributed by atoms with Crippen molar-refractivity contribution >= 4 is 5.69 Å². The SMILES string of the molecule is CCc1noc(C(C)N2CCN(c3ccnc(C(F)(F)F)c3)CC2)n1. The van der Waals surface area contributed by atoms with E-state index < -0.39 is 11.9 Å². The largest absolute Gasteiger partial charge is 0.433 e. The molecule has 2 aromatic rings. The third-order valence-electron chi connectivity index (χ3n) is 4.42. The van der Waals surface area contributed by atoms with Gasteiger partial charge < -0.3 is 9.42 Å². The molecular weight excluding hydrogens is 335 g/mol. The first kappa shape index (κ1) is 17.7. The number of aromatic nitrogens is 3. The maximum Gasteiger partial charge on any atom is 0.433 e. The second-order valence-electron chi connectivity index (χ2n) is 6.00. The summed E-state index contributed by atoms with van der Waals surface area (Å²) in [4.78, 5) is 11.9. The van der Waals surface area contributed by atoms with E-state index in [-0.39, 0.29) is 6.04 Å². The molecule has 3 rings (SSSR count). The summed E-state index contributed by atoms with van der Waals surface area (Å²) >= 11 is 0. The van der Waals surface area contributed by atoms with Crippen LogP contribution in [0.5, 0.6) is 0 Å². The minimum absolute atomic E-state index is 0.0156. The second-order valence-corrected chi connectivity index (χ2v) is 6.00. The van der Waals surface area contributed by atoms with E-state index in [2.05, 4.69) is 20.0 Å². The van der Waals surface area contributed by atoms with Crippen molar-refractivity contribution in [3.05, 3.63) is 35.7 Å². The van der Waals surface area contributed by atoms with Crippen LogP contribution in [0.4, 0.5) is 18.9 Å². The number of halogens is 3. The first-order valence-electron chi connectivity index (χ1n) is 8.23. The van der Waals surface area contributed by atoms with Crippen molar-refractivity contribution in [3.63, 3.8) is 0 Å². The molecule has 1 atom stereocenters. The van der Waals surface area contributed by atoms with Crippen molar-refractivity contribution in [2.75, 3.05) is 31.1 Å². The van der Waals surface area contributed by atoms with Crippen molar-refractivity contribution in [2.24, 2.45) is 0 Å². The second kappa shape index (κ2) is 6.99. The molecule has 0 aromatic carbocycles. The molecule has 6 nitrogen and oxygen atoms in total. The maximum absolute atomic E-state index is 12.8. The van der Waals surface area contributed by atoms with Crippen LogP contribution in [0.2, 0.25) is 0 Å². The molecule has 1 fully saturated rings. The van der Waals surface area contributed by atoms with Gasteiger partial charge in [0.1, 0.15) is 5.69 Å². The Hall–Kier alpha value is -2.16. The fourth-order valence-electron chi connectivity index (χ4n) is 2.88. The smallest absolute Gasteiger partial charge is 0.369 e. The molecule has 0 amide bonds. The van der Waals surface area contributed by atoms with Crippen molar-refractivity contribution in [1.82, 2.24) is 20.0 Å². The zero-order valence-electron chi connectivity index (χ0n) is 14.1. The Morgan fingerprint density at radius 3 is 2.56 bits per heavy atom. The lowest BCUT2D eigenvalue weighted by Gasteiger charge is -2.38. The Bertz CT molecular complexity index is 710. The quantitative estimate of drug-likeness (QED) is 0.841. The topological polar surface area (TPSA) is 58.3 Å². The third-order valence-corrected chi connectivity index (χ3v) is 4.42. The number of alkyl halides is 3. The van der Waals surface area contributed by atoms with E-state index in [0.29, 0.717) is 50.0 Å². The van der Waals surface area contributed by atoms with Gasteiger partial charge >= 0.3 is 6.18 Å². The maximum atomic E-state index is 12.8. The Balaban J connectivity index is 1.64. The van der Waals surface area contributed by atoms with Gasteiger partial charge in [-0.25, -0.2) is 0 Å². The van der Waals surface area contributed by atoms with Crippen LogP contribution in [-0.4, -0.2) is 46.2 Å². The van der Waals surface area contributed by atoms with Crippen LogP contribution in [0.1, 0.15) is 37.3 Å². The fourth-order valence-corrected chi connectivity index (χ4v) is 2.88. The number of nitrogens with zero attached hydrogens (tertiary/aromatic N) is 5. The van der Waals surface area contributed by atoms with Crippen LogP contribution < -0.4 is 4.90 Å². The van der Waals surface area contributed by atoms with Crippen molar-refractivity contribution < 1.29 is 17.7 Å². The molecule has 1 aliphatic rings. The Morgan fingerprint density at radius 1 is 1.24 bits per heavy atom. The minimum atomic E-state index is -4.43. The molecule has 2 aromatic heterocycles. The van der Waals surface area contributed by atoms with Gasteiger partial charge in [0.2, 0.25) is 5.89 Å². The molecule has 0 aliphatic carbocycles. The van der Waals surface area contributed by atoms with Gasteiger partial charge in [-0.05, 0) is 19.1 Å². The Labute approximate surface area is 143 Å². The highest BCUT2D eigenvalue weighted by molar-refractivity contribution is 5.47. The van der Waals surface area contributed by atoms with Gasteiger partial charge in [-0.1, -0.05) is 12.1 Å². The van der Waals surface area contributed by atoms with Gasteiger partial charge in [0.25, 0.3) is 0 Å². The number of hydrogen-bond acceptors (Lipinski definition) is 6. The Kier molecular flexibility index (Phi) is 4.94. The van der Waals surface area contributed by atoms with E-state index in [1.807, 2.05) is 18.7 Å².